The zero-order chi connectivity index (χ0) is 12.7. The fourth-order valence-electron chi connectivity index (χ4n) is 1.62. The zero-order valence-electron chi connectivity index (χ0n) is 10.0. The van der Waals surface area contributed by atoms with Crippen LogP contribution in [0.25, 0.3) is 0 Å². The lowest BCUT2D eigenvalue weighted by Crippen LogP contribution is -2.01. The van der Waals surface area contributed by atoms with E-state index in [9.17, 15) is 4.39 Å². The highest BCUT2D eigenvalue weighted by Crippen LogP contribution is 2.27. The van der Waals surface area contributed by atoms with E-state index in [0.29, 0.717) is 0 Å². The maximum atomic E-state index is 13.1. The predicted octanol–water partition coefficient (Wildman–Crippen LogP) is 5.51. The molecule has 0 atom stereocenters. The highest BCUT2D eigenvalue weighted by molar-refractivity contribution is 6.35. The predicted molar refractivity (Wildman–Crippen MR) is 73.7 cm³/mol. The van der Waals surface area contributed by atoms with Gasteiger partial charge in [0.2, 0.25) is 0 Å². The summed E-state index contributed by atoms with van der Waals surface area (Å²) >= 11 is 11.4. The first-order chi connectivity index (χ1) is 8.15. The van der Waals surface area contributed by atoms with Crippen molar-refractivity contribution in [3.05, 3.63) is 28.0 Å². The molecule has 0 aliphatic rings. The Kier molecular flexibility index (Phi) is 6.68. The van der Waals surface area contributed by atoms with E-state index in [1.54, 1.807) is 12.1 Å². The Bertz CT molecular complexity index is 332. The first kappa shape index (κ1) is 14.6. The Balaban J connectivity index is 2.32. The average molecular weight is 278 g/mol. The SMILES string of the molecule is CCCCCCCNc1cc(Cl)c(F)c(Cl)c1. The van der Waals surface area contributed by atoms with E-state index in [4.69, 9.17) is 23.2 Å². The maximum absolute atomic E-state index is 13.1. The molecule has 0 amide bonds. The molecule has 0 aromatic heterocycles. The summed E-state index contributed by atoms with van der Waals surface area (Å²) in [6.45, 7) is 3.06. The monoisotopic (exact) mass is 277 g/mol. The fourth-order valence-corrected chi connectivity index (χ4v) is 2.11. The van der Waals surface area contributed by atoms with E-state index in [2.05, 4.69) is 12.2 Å². The van der Waals surface area contributed by atoms with Gasteiger partial charge in [0, 0.05) is 12.2 Å². The van der Waals surface area contributed by atoms with Crippen LogP contribution >= 0.6 is 23.2 Å². The van der Waals surface area contributed by atoms with Crippen LogP contribution in [0.5, 0.6) is 0 Å². The van der Waals surface area contributed by atoms with Crippen molar-refractivity contribution in [1.82, 2.24) is 0 Å². The number of rotatable bonds is 7. The molecule has 4 heteroatoms. The normalized spacial score (nSPS) is 10.6. The number of halogens is 3. The van der Waals surface area contributed by atoms with Gasteiger partial charge in [-0.15, -0.1) is 0 Å². The molecule has 0 fully saturated rings. The Morgan fingerprint density at radius 2 is 1.65 bits per heavy atom. The molecular formula is C13H18Cl2FN. The van der Waals surface area contributed by atoms with Gasteiger partial charge < -0.3 is 5.32 Å². The first-order valence-electron chi connectivity index (χ1n) is 6.03. The summed E-state index contributed by atoms with van der Waals surface area (Å²) in [5.41, 5.74) is 0.775. The van der Waals surface area contributed by atoms with E-state index < -0.39 is 5.82 Å². The van der Waals surface area contributed by atoms with E-state index in [1.165, 1.54) is 25.7 Å². The second-order valence-electron chi connectivity index (χ2n) is 4.09. The minimum atomic E-state index is -0.554. The van der Waals surface area contributed by atoms with Gasteiger partial charge in [-0.1, -0.05) is 55.8 Å². The van der Waals surface area contributed by atoms with E-state index in [-0.39, 0.29) is 10.0 Å². The van der Waals surface area contributed by atoms with Gasteiger partial charge in [-0.25, -0.2) is 4.39 Å². The van der Waals surface area contributed by atoms with Crippen LogP contribution in [0.15, 0.2) is 12.1 Å². The molecule has 0 aliphatic heterocycles. The molecule has 0 bridgehead atoms. The standard InChI is InChI=1S/C13H18Cl2FN/c1-2-3-4-5-6-7-17-10-8-11(14)13(16)12(15)9-10/h8-9,17H,2-7H2,1H3. The molecule has 0 saturated heterocycles. The minimum absolute atomic E-state index is 0.0611. The van der Waals surface area contributed by atoms with Crippen LogP contribution in [-0.4, -0.2) is 6.54 Å². The van der Waals surface area contributed by atoms with Gasteiger partial charge in [-0.05, 0) is 18.6 Å². The second kappa shape index (κ2) is 7.78. The Hall–Kier alpha value is -0.470. The van der Waals surface area contributed by atoms with Crippen LogP contribution < -0.4 is 5.32 Å². The van der Waals surface area contributed by atoms with Crippen molar-refractivity contribution in [1.29, 1.82) is 0 Å². The number of unbranched alkanes of at least 4 members (excludes halogenated alkanes) is 4. The van der Waals surface area contributed by atoms with Gasteiger partial charge >= 0.3 is 0 Å². The molecule has 1 rings (SSSR count). The lowest BCUT2D eigenvalue weighted by Gasteiger charge is -2.08. The maximum Gasteiger partial charge on any atom is 0.160 e. The van der Waals surface area contributed by atoms with E-state index in [1.807, 2.05) is 0 Å². The molecule has 1 aromatic carbocycles. The highest BCUT2D eigenvalue weighted by atomic mass is 35.5. The summed E-state index contributed by atoms with van der Waals surface area (Å²) in [5, 5.41) is 3.32. The van der Waals surface area contributed by atoms with Crippen molar-refractivity contribution in [3.63, 3.8) is 0 Å². The van der Waals surface area contributed by atoms with Crippen molar-refractivity contribution in [3.8, 4) is 0 Å². The minimum Gasteiger partial charge on any atom is -0.385 e. The van der Waals surface area contributed by atoms with Gasteiger partial charge in [0.25, 0.3) is 0 Å². The third-order valence-corrected chi connectivity index (χ3v) is 3.14. The summed E-state index contributed by atoms with van der Waals surface area (Å²) in [5.74, 6) is -0.554. The van der Waals surface area contributed by atoms with Gasteiger partial charge in [0.15, 0.2) is 5.82 Å². The Labute approximate surface area is 112 Å². The molecule has 1 nitrogen and oxygen atoms in total. The average Bonchev–Trinajstić information content (AvgIpc) is 2.30. The summed E-state index contributed by atoms with van der Waals surface area (Å²) in [4.78, 5) is 0. The lowest BCUT2D eigenvalue weighted by molar-refractivity contribution is 0.628. The number of hydrogen-bond acceptors (Lipinski definition) is 1. The topological polar surface area (TPSA) is 12.0 Å². The molecule has 96 valence electrons. The van der Waals surface area contributed by atoms with E-state index in [0.717, 1.165) is 18.7 Å². The molecule has 0 heterocycles. The van der Waals surface area contributed by atoms with Crippen molar-refractivity contribution < 1.29 is 4.39 Å². The zero-order valence-corrected chi connectivity index (χ0v) is 11.5. The van der Waals surface area contributed by atoms with Crippen molar-refractivity contribution >= 4 is 28.9 Å². The quantitative estimate of drug-likeness (QED) is 0.512. The third-order valence-electron chi connectivity index (χ3n) is 2.59. The molecule has 0 radical (unpaired) electrons. The van der Waals surface area contributed by atoms with Gasteiger partial charge in [0.05, 0.1) is 10.0 Å². The highest BCUT2D eigenvalue weighted by Gasteiger charge is 2.06. The van der Waals surface area contributed by atoms with Crippen LogP contribution in [0.3, 0.4) is 0 Å². The Morgan fingerprint density at radius 1 is 1.06 bits per heavy atom. The number of hydrogen-bond donors (Lipinski definition) is 1. The van der Waals surface area contributed by atoms with Crippen molar-refractivity contribution in [2.75, 3.05) is 11.9 Å². The molecule has 17 heavy (non-hydrogen) atoms. The molecule has 1 aromatic rings. The van der Waals surface area contributed by atoms with Crippen LogP contribution in [0.2, 0.25) is 10.0 Å². The van der Waals surface area contributed by atoms with Gasteiger partial charge in [-0.3, -0.25) is 0 Å². The number of benzene rings is 1. The molecule has 0 saturated carbocycles. The van der Waals surface area contributed by atoms with Crippen LogP contribution in [0, 0.1) is 5.82 Å². The van der Waals surface area contributed by atoms with Crippen LogP contribution in [0.1, 0.15) is 39.0 Å². The van der Waals surface area contributed by atoms with Crippen molar-refractivity contribution in [2.45, 2.75) is 39.0 Å². The molecular weight excluding hydrogens is 260 g/mol. The fraction of sp³-hybridized carbons (Fsp3) is 0.538. The number of anilines is 1. The van der Waals surface area contributed by atoms with Crippen LogP contribution in [-0.2, 0) is 0 Å². The summed E-state index contributed by atoms with van der Waals surface area (Å²) in [6.07, 6.45) is 6.12. The summed E-state index contributed by atoms with van der Waals surface area (Å²) in [7, 11) is 0. The third kappa shape index (κ3) is 5.13. The molecule has 0 aliphatic carbocycles. The molecule has 0 spiro atoms. The molecule has 0 unspecified atom stereocenters. The largest absolute Gasteiger partial charge is 0.385 e. The lowest BCUT2D eigenvalue weighted by atomic mass is 10.1. The number of nitrogens with one attached hydrogen (secondary N) is 1. The van der Waals surface area contributed by atoms with E-state index >= 15 is 0 Å². The Morgan fingerprint density at radius 3 is 2.24 bits per heavy atom. The first-order valence-corrected chi connectivity index (χ1v) is 6.79. The van der Waals surface area contributed by atoms with Crippen LogP contribution in [0.4, 0.5) is 10.1 Å². The summed E-state index contributed by atoms with van der Waals surface area (Å²) in [6, 6.07) is 3.13. The van der Waals surface area contributed by atoms with Crippen molar-refractivity contribution in [2.24, 2.45) is 0 Å². The second-order valence-corrected chi connectivity index (χ2v) is 4.91. The smallest absolute Gasteiger partial charge is 0.160 e. The summed E-state index contributed by atoms with van der Waals surface area (Å²) < 4.78 is 13.1. The van der Waals surface area contributed by atoms with Gasteiger partial charge in [0.1, 0.15) is 0 Å². The molecule has 1 N–H and O–H groups in total. The van der Waals surface area contributed by atoms with Gasteiger partial charge in [-0.2, -0.15) is 0 Å².